The molecule has 0 amide bonds. The van der Waals surface area contributed by atoms with E-state index in [9.17, 15) is 0 Å². The number of aromatic nitrogens is 6. The average Bonchev–Trinajstić information content (AvgIpc) is 1.77. The molecule has 8 heteroatoms. The molecule has 11 aromatic carbocycles. The van der Waals surface area contributed by atoms with Crippen LogP contribution in [0, 0.1) is 0 Å². The molecule has 2 aliphatic rings. The zero-order valence-corrected chi connectivity index (χ0v) is 47.0. The topological polar surface area (TPSA) is 72.6 Å². The lowest BCUT2D eigenvalue weighted by Gasteiger charge is -2.41. The van der Waals surface area contributed by atoms with Gasteiger partial charge in [-0.15, -0.1) is 0 Å². The quantitative estimate of drug-likeness (QED) is 0.129. The van der Waals surface area contributed by atoms with E-state index in [1.165, 1.54) is 108 Å². The minimum Gasteiger partial charge on any atom is -0.311 e. The Morgan fingerprint density at radius 3 is 1.39 bits per heavy atom. The summed E-state index contributed by atoms with van der Waals surface area (Å²) in [5.41, 5.74) is 15.5. The monoisotopic (exact) mass is 1060 g/mol. The maximum Gasteiger partial charge on any atom is 0.252 e. The summed E-state index contributed by atoms with van der Waals surface area (Å²) in [7, 11) is 0. The molecule has 0 atom stereocenters. The summed E-state index contributed by atoms with van der Waals surface area (Å²) in [6.07, 6.45) is 7.22. The molecule has 0 aliphatic carbocycles. The van der Waals surface area contributed by atoms with Crippen LogP contribution >= 0.6 is 0 Å². The van der Waals surface area contributed by atoms with Gasteiger partial charge < -0.3 is 9.47 Å². The molecule has 0 unspecified atom stereocenters. The van der Waals surface area contributed by atoms with Crippen molar-refractivity contribution in [2.45, 2.75) is 52.4 Å². The summed E-state index contributed by atoms with van der Waals surface area (Å²) in [6.45, 7) is 13.7. The Bertz CT molecular complexity index is 5200. The van der Waals surface area contributed by atoms with Gasteiger partial charge in [0, 0.05) is 85.8 Å². The Kier molecular flexibility index (Phi) is 9.92. The van der Waals surface area contributed by atoms with E-state index in [2.05, 4.69) is 231 Å². The highest BCUT2D eigenvalue weighted by Gasteiger charge is 2.44. The molecule has 7 nitrogen and oxygen atoms in total. The molecule has 392 valence electrons. The van der Waals surface area contributed by atoms with Gasteiger partial charge in [-0.2, -0.15) is 0 Å². The first kappa shape index (κ1) is 47.7. The van der Waals surface area contributed by atoms with Crippen molar-refractivity contribution in [1.29, 1.82) is 0 Å². The Morgan fingerprint density at radius 1 is 0.361 bits per heavy atom. The summed E-state index contributed by atoms with van der Waals surface area (Å²) < 4.78 is 2.64. The summed E-state index contributed by atoms with van der Waals surface area (Å²) >= 11 is 0. The van der Waals surface area contributed by atoms with Crippen LogP contribution in [0.4, 0.5) is 17.1 Å². The van der Waals surface area contributed by atoms with Gasteiger partial charge in [-0.1, -0.05) is 175 Å². The fraction of sp³-hybridized carbons (Fsp3) is 0.107. The largest absolute Gasteiger partial charge is 0.311 e. The Morgan fingerprint density at radius 2 is 0.843 bits per heavy atom. The second kappa shape index (κ2) is 17.2. The molecule has 17 rings (SSSR count). The van der Waals surface area contributed by atoms with Gasteiger partial charge in [0.1, 0.15) is 0 Å². The van der Waals surface area contributed by atoms with E-state index in [4.69, 9.17) is 15.0 Å². The Labute approximate surface area is 480 Å². The first-order valence-corrected chi connectivity index (χ1v) is 28.8. The predicted molar refractivity (Wildman–Crippen MR) is 348 cm³/mol. The van der Waals surface area contributed by atoms with E-state index in [1.54, 1.807) is 12.4 Å². The Hall–Kier alpha value is -10.0. The van der Waals surface area contributed by atoms with Crippen LogP contribution in [0.15, 0.2) is 219 Å². The van der Waals surface area contributed by atoms with E-state index in [0.717, 1.165) is 45.0 Å². The Balaban J connectivity index is 1.11. The number of nitrogens with zero attached hydrogens (tertiary/aromatic N) is 7. The smallest absolute Gasteiger partial charge is 0.252 e. The van der Waals surface area contributed by atoms with Crippen LogP contribution in [0.25, 0.3) is 126 Å². The lowest BCUT2D eigenvalue weighted by molar-refractivity contribution is 0.590. The first-order valence-electron chi connectivity index (χ1n) is 28.8. The summed E-state index contributed by atoms with van der Waals surface area (Å²) in [5.74, 6) is 1.63. The zero-order chi connectivity index (χ0) is 55.6. The van der Waals surface area contributed by atoms with Crippen LogP contribution in [0.3, 0.4) is 0 Å². The van der Waals surface area contributed by atoms with Crippen molar-refractivity contribution in [3.8, 4) is 39.9 Å². The van der Waals surface area contributed by atoms with E-state index in [0.29, 0.717) is 17.5 Å². The van der Waals surface area contributed by atoms with Gasteiger partial charge in [0.2, 0.25) is 0 Å². The molecule has 83 heavy (non-hydrogen) atoms. The lowest BCUT2D eigenvalue weighted by atomic mass is 9.33. The van der Waals surface area contributed by atoms with Gasteiger partial charge in [0.15, 0.2) is 17.5 Å². The molecule has 4 aromatic heterocycles. The number of pyridine rings is 2. The fourth-order valence-corrected chi connectivity index (χ4v) is 14.2. The second-order valence-corrected chi connectivity index (χ2v) is 24.8. The summed E-state index contributed by atoms with van der Waals surface area (Å²) in [5, 5.41) is 17.5. The molecule has 0 spiro atoms. The number of benzene rings is 11. The molecule has 0 radical (unpaired) electrons. The molecular weight excluding hydrogens is 1010 g/mol. The minimum atomic E-state index is -0.176. The highest BCUT2D eigenvalue weighted by atomic mass is 15.2. The standard InChI is InChI=1S/C75H54BN7/c1-74(2,3)46-27-30-48(31-28-46)82-61-33-29-47(75(4,5)6)39-59(61)76-60-40-58-54-24-10-8-20-50(54)52-22-12-14-26-56(52)66(58)68-67-62(34-32-57-53-23-9-7-19-49(53)51-21-11-13-25-55(51)65(57)67)83(70(60)68)64-38-45(37-63(82)69(64)76)73-80-71(43-17-15-35-77-41-43)79-72(81-73)44-18-16-36-78-42-44/h7-42H,1-6H3. The van der Waals surface area contributed by atoms with Crippen LogP contribution in [-0.4, -0.2) is 36.2 Å². The van der Waals surface area contributed by atoms with Crippen LogP contribution in [-0.2, 0) is 10.8 Å². The van der Waals surface area contributed by atoms with Crippen molar-refractivity contribution < 1.29 is 0 Å². The molecule has 0 bridgehead atoms. The van der Waals surface area contributed by atoms with Crippen molar-refractivity contribution in [3.63, 3.8) is 0 Å². The molecule has 2 aliphatic heterocycles. The molecule has 0 saturated carbocycles. The first-order chi connectivity index (χ1) is 40.5. The SMILES string of the molecule is CC(C)(C)c1ccc(N2c3ccc(C(C)(C)C)cc3B3c4c2cc(-c2nc(-c5cccnc5)nc(-c5cccnc5)n2)cc4-n2c4ccc5c6ccccc6c6ccccc6c5c4c4c5c6ccccc6c6ccccc6c5cc3c42)cc1. The van der Waals surface area contributed by atoms with Crippen molar-refractivity contribution in [3.05, 3.63) is 230 Å². The summed E-state index contributed by atoms with van der Waals surface area (Å²) in [4.78, 5) is 27.6. The van der Waals surface area contributed by atoms with Crippen molar-refractivity contribution >= 4 is 127 Å². The van der Waals surface area contributed by atoms with E-state index >= 15 is 0 Å². The maximum atomic E-state index is 5.42. The predicted octanol–water partition coefficient (Wildman–Crippen LogP) is 16.9. The zero-order valence-electron chi connectivity index (χ0n) is 47.0. The van der Waals surface area contributed by atoms with Crippen molar-refractivity contribution in [2.24, 2.45) is 0 Å². The number of rotatable bonds is 4. The molecule has 0 fully saturated rings. The third-order valence-corrected chi connectivity index (χ3v) is 18.0. The molecule has 15 aromatic rings. The third-order valence-electron chi connectivity index (χ3n) is 18.0. The maximum absolute atomic E-state index is 5.42. The van der Waals surface area contributed by atoms with E-state index in [-0.39, 0.29) is 17.5 Å². The van der Waals surface area contributed by atoms with Crippen LogP contribution < -0.4 is 21.3 Å². The number of hydrogen-bond acceptors (Lipinski definition) is 6. The molecule has 0 N–H and O–H groups in total. The number of fused-ring (bicyclic) bond motifs is 21. The molecule has 0 saturated heterocycles. The van der Waals surface area contributed by atoms with E-state index in [1.807, 2.05) is 36.7 Å². The van der Waals surface area contributed by atoms with Crippen molar-refractivity contribution in [2.75, 3.05) is 4.90 Å². The van der Waals surface area contributed by atoms with Crippen LogP contribution in [0.1, 0.15) is 52.7 Å². The van der Waals surface area contributed by atoms with Gasteiger partial charge in [-0.25, -0.2) is 15.0 Å². The number of anilines is 3. The van der Waals surface area contributed by atoms with E-state index < -0.39 is 0 Å². The van der Waals surface area contributed by atoms with Crippen LogP contribution in [0.2, 0.25) is 0 Å². The fourth-order valence-electron chi connectivity index (χ4n) is 14.2. The number of hydrogen-bond donors (Lipinski definition) is 0. The highest BCUT2D eigenvalue weighted by Crippen LogP contribution is 2.51. The minimum absolute atomic E-state index is 0.0363. The van der Waals surface area contributed by atoms with Gasteiger partial charge >= 0.3 is 0 Å². The van der Waals surface area contributed by atoms with Gasteiger partial charge in [0.05, 0.1) is 11.0 Å². The lowest BCUT2D eigenvalue weighted by Crippen LogP contribution is -2.60. The van der Waals surface area contributed by atoms with Gasteiger partial charge in [-0.3, -0.25) is 9.97 Å². The van der Waals surface area contributed by atoms with Gasteiger partial charge in [0.25, 0.3) is 6.71 Å². The molecular formula is C75H54BN7. The van der Waals surface area contributed by atoms with Crippen molar-refractivity contribution in [1.82, 2.24) is 29.5 Å². The average molecular weight is 1060 g/mol. The normalized spacial score (nSPS) is 13.1. The van der Waals surface area contributed by atoms with Gasteiger partial charge in [-0.05, 0) is 153 Å². The van der Waals surface area contributed by atoms with Crippen LogP contribution in [0.5, 0.6) is 0 Å². The highest BCUT2D eigenvalue weighted by molar-refractivity contribution is 7.00. The summed E-state index contributed by atoms with van der Waals surface area (Å²) in [6, 6.07) is 72.8. The second-order valence-electron chi connectivity index (χ2n) is 24.8. The molecule has 6 heterocycles. The third kappa shape index (κ3) is 6.90.